The smallest absolute Gasteiger partial charge is 0.339 e. The van der Waals surface area contributed by atoms with Crippen molar-refractivity contribution in [2.24, 2.45) is 11.8 Å². The van der Waals surface area contributed by atoms with Crippen LogP contribution < -0.4 is 4.18 Å². The fourth-order valence-electron chi connectivity index (χ4n) is 4.09. The number of hydrogen-bond donors (Lipinski definition) is 0. The van der Waals surface area contributed by atoms with Crippen LogP contribution in [0.1, 0.15) is 37.3 Å². The van der Waals surface area contributed by atoms with E-state index < -0.39 is 15.9 Å². The first-order valence-electron chi connectivity index (χ1n) is 11.4. The van der Waals surface area contributed by atoms with Gasteiger partial charge in [0.25, 0.3) is 0 Å². The van der Waals surface area contributed by atoms with Crippen molar-refractivity contribution >= 4 is 16.0 Å². The summed E-state index contributed by atoms with van der Waals surface area (Å²) in [7, 11) is -4.06. The summed E-state index contributed by atoms with van der Waals surface area (Å²) >= 11 is 0. The van der Waals surface area contributed by atoms with Gasteiger partial charge in [0, 0.05) is 19.0 Å². The van der Waals surface area contributed by atoms with Crippen LogP contribution in [0.25, 0.3) is 0 Å². The van der Waals surface area contributed by atoms with Crippen molar-refractivity contribution in [3.05, 3.63) is 95.8 Å². The molecule has 0 aromatic heterocycles. The van der Waals surface area contributed by atoms with Crippen LogP contribution in [0.2, 0.25) is 0 Å². The molecule has 2 atom stereocenters. The van der Waals surface area contributed by atoms with Crippen molar-refractivity contribution < 1.29 is 21.8 Å². The van der Waals surface area contributed by atoms with Gasteiger partial charge >= 0.3 is 10.1 Å². The van der Waals surface area contributed by atoms with E-state index in [1.165, 1.54) is 5.56 Å². The molecular formula is C27H28FNO4S. The van der Waals surface area contributed by atoms with Crippen molar-refractivity contribution in [2.45, 2.75) is 37.6 Å². The van der Waals surface area contributed by atoms with Gasteiger partial charge in [0.2, 0.25) is 5.91 Å². The van der Waals surface area contributed by atoms with Crippen LogP contribution in [0.5, 0.6) is 5.75 Å². The second-order valence-corrected chi connectivity index (χ2v) is 10.7. The van der Waals surface area contributed by atoms with Crippen molar-refractivity contribution in [1.29, 1.82) is 0 Å². The quantitative estimate of drug-likeness (QED) is 0.385. The first kappa shape index (κ1) is 24.0. The predicted molar refractivity (Wildman–Crippen MR) is 128 cm³/mol. The van der Waals surface area contributed by atoms with Gasteiger partial charge in [-0.1, -0.05) is 56.3 Å². The summed E-state index contributed by atoms with van der Waals surface area (Å²) in [5.74, 6) is 0.384. The minimum atomic E-state index is -4.06. The normalized spacial score (nSPS) is 17.4. The third-order valence-corrected chi connectivity index (χ3v) is 7.10. The first-order chi connectivity index (χ1) is 16.2. The van der Waals surface area contributed by atoms with Gasteiger partial charge in [-0.25, -0.2) is 4.39 Å². The zero-order valence-electron chi connectivity index (χ0n) is 19.2. The average Bonchev–Trinajstić information content (AvgIpc) is 3.61. The van der Waals surface area contributed by atoms with Gasteiger partial charge in [-0.05, 0) is 65.8 Å². The van der Waals surface area contributed by atoms with Crippen molar-refractivity contribution in [3.63, 3.8) is 0 Å². The molecule has 3 aromatic carbocycles. The van der Waals surface area contributed by atoms with E-state index in [1.54, 1.807) is 24.3 Å². The summed E-state index contributed by atoms with van der Waals surface area (Å²) in [4.78, 5) is 15.0. The summed E-state index contributed by atoms with van der Waals surface area (Å²) < 4.78 is 43.1. The SMILES string of the molecule is CC(C)CN(Cc1ccc(OS(=O)(=O)c2ccc(F)cc2)cc1)C(=O)[C@H]1C[C@H]1c1ccccc1. The molecule has 0 heterocycles. The van der Waals surface area contributed by atoms with Crippen LogP contribution in [0.4, 0.5) is 4.39 Å². The molecule has 0 bridgehead atoms. The molecule has 1 aliphatic rings. The Morgan fingerprint density at radius 1 is 1.00 bits per heavy atom. The minimum absolute atomic E-state index is 0.00427. The number of halogens is 1. The highest BCUT2D eigenvalue weighted by Crippen LogP contribution is 2.48. The zero-order valence-corrected chi connectivity index (χ0v) is 20.0. The number of rotatable bonds is 9. The van der Waals surface area contributed by atoms with Gasteiger partial charge in [0.1, 0.15) is 16.5 Å². The maximum Gasteiger partial charge on any atom is 0.339 e. The molecule has 0 aliphatic heterocycles. The van der Waals surface area contributed by atoms with Crippen molar-refractivity contribution in [2.75, 3.05) is 6.54 Å². The van der Waals surface area contributed by atoms with Gasteiger partial charge in [-0.15, -0.1) is 0 Å². The molecule has 0 radical (unpaired) electrons. The Bertz CT molecular complexity index is 1230. The standard InChI is InChI=1S/C27H28FNO4S/c1-19(2)17-29(27(30)26-16-25(26)21-6-4-3-5-7-21)18-20-8-12-23(13-9-20)33-34(31,32)24-14-10-22(28)11-15-24/h3-15,19,25-26H,16-18H2,1-2H3/t25-,26-/m0/s1. The van der Waals surface area contributed by atoms with Gasteiger partial charge < -0.3 is 9.08 Å². The van der Waals surface area contributed by atoms with E-state index in [1.807, 2.05) is 23.1 Å². The number of carbonyl (C=O) groups excluding carboxylic acids is 1. The first-order valence-corrected chi connectivity index (χ1v) is 12.8. The van der Waals surface area contributed by atoms with Gasteiger partial charge in [-0.3, -0.25) is 4.79 Å². The molecule has 1 amide bonds. The molecule has 1 aliphatic carbocycles. The Hall–Kier alpha value is -3.19. The second kappa shape index (κ2) is 9.97. The van der Waals surface area contributed by atoms with Crippen LogP contribution in [0.15, 0.2) is 83.8 Å². The van der Waals surface area contributed by atoms with Crippen LogP contribution in [0.3, 0.4) is 0 Å². The highest BCUT2D eigenvalue weighted by atomic mass is 32.2. The van der Waals surface area contributed by atoms with Crippen molar-refractivity contribution in [1.82, 2.24) is 4.90 Å². The van der Waals surface area contributed by atoms with Gasteiger partial charge in [0.05, 0.1) is 0 Å². The molecule has 7 heteroatoms. The lowest BCUT2D eigenvalue weighted by atomic mass is 10.1. The largest absolute Gasteiger partial charge is 0.379 e. The zero-order chi connectivity index (χ0) is 24.3. The number of amides is 1. The molecule has 0 N–H and O–H groups in total. The van der Waals surface area contributed by atoms with E-state index in [2.05, 4.69) is 26.0 Å². The van der Waals surface area contributed by atoms with E-state index in [4.69, 9.17) is 4.18 Å². The fourth-order valence-corrected chi connectivity index (χ4v) is 5.02. The Labute approximate surface area is 200 Å². The molecule has 178 valence electrons. The van der Waals surface area contributed by atoms with Gasteiger partial charge in [-0.2, -0.15) is 8.42 Å². The Morgan fingerprint density at radius 2 is 1.65 bits per heavy atom. The van der Waals surface area contributed by atoms with E-state index >= 15 is 0 Å². The van der Waals surface area contributed by atoms with E-state index in [0.717, 1.165) is 36.2 Å². The van der Waals surface area contributed by atoms with E-state index in [-0.39, 0.29) is 28.4 Å². The van der Waals surface area contributed by atoms with E-state index in [0.29, 0.717) is 19.0 Å². The summed E-state index contributed by atoms with van der Waals surface area (Å²) in [6.45, 7) is 5.26. The lowest BCUT2D eigenvalue weighted by Crippen LogP contribution is -2.35. The average molecular weight is 482 g/mol. The summed E-state index contributed by atoms with van der Waals surface area (Å²) in [6, 6.07) is 21.3. The topological polar surface area (TPSA) is 63.7 Å². The molecule has 0 unspecified atom stereocenters. The Kier molecular flexibility index (Phi) is 7.03. The molecule has 34 heavy (non-hydrogen) atoms. The van der Waals surface area contributed by atoms with Crippen LogP contribution >= 0.6 is 0 Å². The third kappa shape index (κ3) is 5.83. The van der Waals surface area contributed by atoms with E-state index in [9.17, 15) is 17.6 Å². The minimum Gasteiger partial charge on any atom is -0.379 e. The summed E-state index contributed by atoms with van der Waals surface area (Å²) in [5, 5.41) is 0. The highest BCUT2D eigenvalue weighted by Gasteiger charge is 2.45. The van der Waals surface area contributed by atoms with Crippen LogP contribution in [-0.2, 0) is 21.5 Å². The third-order valence-electron chi connectivity index (χ3n) is 5.84. The summed E-state index contributed by atoms with van der Waals surface area (Å²) in [5.41, 5.74) is 2.09. The number of benzene rings is 3. The molecular weight excluding hydrogens is 453 g/mol. The molecule has 0 spiro atoms. The molecule has 1 fully saturated rings. The fraction of sp³-hybridized carbons (Fsp3) is 0.296. The predicted octanol–water partition coefficient (Wildman–Crippen LogP) is 5.38. The number of carbonyl (C=O) groups is 1. The lowest BCUT2D eigenvalue weighted by Gasteiger charge is -2.25. The Balaban J connectivity index is 1.42. The molecule has 5 nitrogen and oxygen atoms in total. The van der Waals surface area contributed by atoms with Crippen LogP contribution in [-0.4, -0.2) is 25.8 Å². The van der Waals surface area contributed by atoms with Crippen LogP contribution in [0, 0.1) is 17.7 Å². The van der Waals surface area contributed by atoms with Crippen molar-refractivity contribution in [3.8, 4) is 5.75 Å². The number of nitrogens with zero attached hydrogens (tertiary/aromatic N) is 1. The maximum absolute atomic E-state index is 13.3. The monoisotopic (exact) mass is 481 g/mol. The molecule has 3 aromatic rings. The summed E-state index contributed by atoms with van der Waals surface area (Å²) in [6.07, 6.45) is 0.867. The second-order valence-electron chi connectivity index (χ2n) is 9.11. The highest BCUT2D eigenvalue weighted by molar-refractivity contribution is 7.87. The van der Waals surface area contributed by atoms with Gasteiger partial charge in [0.15, 0.2) is 0 Å². The Morgan fingerprint density at radius 3 is 2.26 bits per heavy atom. The molecule has 1 saturated carbocycles. The lowest BCUT2D eigenvalue weighted by molar-refractivity contribution is -0.133. The number of hydrogen-bond acceptors (Lipinski definition) is 4. The molecule has 0 saturated heterocycles. The molecule has 4 rings (SSSR count). The maximum atomic E-state index is 13.3.